The maximum Gasteiger partial charge on any atom is 0.410 e. The third-order valence-corrected chi connectivity index (χ3v) is 11.8. The number of fused-ring (bicyclic) bond motifs is 3. The second-order valence-electron chi connectivity index (χ2n) is 16.7. The number of rotatable bonds is 6. The lowest BCUT2D eigenvalue weighted by molar-refractivity contribution is -0.126. The van der Waals surface area contributed by atoms with Gasteiger partial charge in [-0.25, -0.2) is 14.8 Å². The van der Waals surface area contributed by atoms with Crippen LogP contribution in [0.4, 0.5) is 10.5 Å². The number of aromatic nitrogens is 3. The molecule has 11 heteroatoms. The summed E-state index contributed by atoms with van der Waals surface area (Å²) in [6.45, 7) is 14.6. The maximum absolute atomic E-state index is 14.8. The van der Waals surface area contributed by atoms with Crippen LogP contribution in [-0.2, 0) is 19.7 Å². The fraction of sp³-hybridized carbons (Fsp3) is 0.650. The number of benzene rings is 1. The third-order valence-electron chi connectivity index (χ3n) is 11.8. The van der Waals surface area contributed by atoms with Gasteiger partial charge in [0.1, 0.15) is 17.2 Å². The molecule has 0 atom stereocenters. The number of anilines is 1. The van der Waals surface area contributed by atoms with E-state index in [0.29, 0.717) is 51.1 Å². The van der Waals surface area contributed by atoms with Crippen molar-refractivity contribution in [1.82, 2.24) is 24.3 Å². The van der Waals surface area contributed by atoms with Gasteiger partial charge in [-0.3, -0.25) is 4.79 Å². The molecule has 1 saturated carbocycles. The number of hydrogen-bond acceptors (Lipinski definition) is 8. The lowest BCUT2D eigenvalue weighted by Crippen LogP contribution is -2.58. The first-order valence-corrected chi connectivity index (χ1v) is 19.3. The van der Waals surface area contributed by atoms with Crippen molar-refractivity contribution in [1.29, 1.82) is 0 Å². The normalized spacial score (nSPS) is 24.3. The molecule has 1 spiro atoms. The molecule has 4 fully saturated rings. The summed E-state index contributed by atoms with van der Waals surface area (Å²) in [7, 11) is 0. The van der Waals surface area contributed by atoms with E-state index in [2.05, 4.69) is 52.5 Å². The van der Waals surface area contributed by atoms with Crippen molar-refractivity contribution < 1.29 is 23.8 Å². The maximum atomic E-state index is 14.8. The van der Waals surface area contributed by atoms with Crippen LogP contribution in [0, 0.1) is 0 Å². The van der Waals surface area contributed by atoms with Crippen LogP contribution in [0.2, 0.25) is 0 Å². The van der Waals surface area contributed by atoms with Gasteiger partial charge in [0, 0.05) is 55.3 Å². The van der Waals surface area contributed by atoms with Crippen LogP contribution in [0.15, 0.2) is 30.6 Å². The molecular formula is C40H54N6O5. The molecule has 1 aromatic carbocycles. The summed E-state index contributed by atoms with van der Waals surface area (Å²) >= 11 is 0. The molecule has 0 radical (unpaired) electrons. The highest BCUT2D eigenvalue weighted by molar-refractivity contribution is 6.09. The Labute approximate surface area is 301 Å². The van der Waals surface area contributed by atoms with Gasteiger partial charge in [-0.1, -0.05) is 18.6 Å². The minimum Gasteiger partial charge on any atom is -0.473 e. The third kappa shape index (κ3) is 6.38. The minimum atomic E-state index is -0.659. The molecule has 3 aromatic rings. The monoisotopic (exact) mass is 698 g/mol. The SMILES string of the molecule is CC(C)n1cnc2cc(-c3ccc4c(c3)N([C@H]3C[C@@H](N5CCCCC5)C3)C(=O)C43CCN(C(=O)OC(C)(C)C)CC3)nc(OC3CCOCC3)c21. The van der Waals surface area contributed by atoms with Crippen LogP contribution in [0.25, 0.3) is 22.3 Å². The van der Waals surface area contributed by atoms with Crippen LogP contribution < -0.4 is 9.64 Å². The number of piperidine rings is 2. The molecule has 0 unspecified atom stereocenters. The lowest BCUT2D eigenvalue weighted by atomic mass is 9.73. The Kier molecular flexibility index (Phi) is 9.02. The zero-order chi connectivity index (χ0) is 35.5. The Morgan fingerprint density at radius 3 is 2.39 bits per heavy atom. The van der Waals surface area contributed by atoms with Crippen LogP contribution >= 0.6 is 0 Å². The van der Waals surface area contributed by atoms with Crippen molar-refractivity contribution in [3.8, 4) is 17.1 Å². The number of amides is 2. The number of pyridine rings is 1. The largest absolute Gasteiger partial charge is 0.473 e. The van der Waals surface area contributed by atoms with Crippen LogP contribution in [0.1, 0.15) is 104 Å². The summed E-state index contributed by atoms with van der Waals surface area (Å²) in [4.78, 5) is 44.4. The summed E-state index contributed by atoms with van der Waals surface area (Å²) in [6, 6.07) is 9.40. The Hall–Kier alpha value is -3.70. The highest BCUT2D eigenvalue weighted by atomic mass is 16.6. The number of carbonyl (C=O) groups is 2. The summed E-state index contributed by atoms with van der Waals surface area (Å²) in [5.41, 5.74) is 4.33. The Morgan fingerprint density at radius 1 is 0.980 bits per heavy atom. The van der Waals surface area contributed by atoms with E-state index in [1.54, 1.807) is 4.90 Å². The number of nitrogens with zero attached hydrogens (tertiary/aromatic N) is 6. The van der Waals surface area contributed by atoms with Gasteiger partial charge >= 0.3 is 6.09 Å². The van der Waals surface area contributed by atoms with Crippen LogP contribution in [-0.4, -0.2) is 99.5 Å². The van der Waals surface area contributed by atoms with Crippen molar-refractivity contribution in [3.63, 3.8) is 0 Å². The second kappa shape index (κ2) is 13.4. The van der Waals surface area contributed by atoms with Crippen molar-refractivity contribution >= 4 is 28.7 Å². The molecule has 0 bridgehead atoms. The molecule has 2 aromatic heterocycles. The fourth-order valence-electron chi connectivity index (χ4n) is 8.94. The van der Waals surface area contributed by atoms with Gasteiger partial charge in [0.25, 0.3) is 0 Å². The summed E-state index contributed by atoms with van der Waals surface area (Å²) in [6.07, 6.45) is 10.3. The number of carbonyl (C=O) groups excluding carboxylic acids is 2. The highest BCUT2D eigenvalue weighted by Gasteiger charge is 2.56. The van der Waals surface area contributed by atoms with E-state index in [0.717, 1.165) is 72.3 Å². The van der Waals surface area contributed by atoms with E-state index in [1.165, 1.54) is 19.3 Å². The van der Waals surface area contributed by atoms with Gasteiger partial charge in [0.15, 0.2) is 0 Å². The van der Waals surface area contributed by atoms with Gasteiger partial charge < -0.3 is 33.5 Å². The Morgan fingerprint density at radius 2 is 1.71 bits per heavy atom. The molecule has 0 N–H and O–H groups in total. The van der Waals surface area contributed by atoms with Gasteiger partial charge in [0.05, 0.1) is 36.2 Å². The van der Waals surface area contributed by atoms with E-state index in [-0.39, 0.29) is 30.2 Å². The smallest absolute Gasteiger partial charge is 0.410 e. The first-order chi connectivity index (χ1) is 24.5. The van der Waals surface area contributed by atoms with E-state index in [4.69, 9.17) is 24.2 Å². The van der Waals surface area contributed by atoms with Crippen LogP contribution in [0.5, 0.6) is 5.88 Å². The molecule has 1 aliphatic carbocycles. The zero-order valence-corrected chi connectivity index (χ0v) is 31.0. The van der Waals surface area contributed by atoms with Crippen molar-refractivity contribution in [2.75, 3.05) is 44.3 Å². The fourth-order valence-corrected chi connectivity index (χ4v) is 8.94. The van der Waals surface area contributed by atoms with Gasteiger partial charge in [-0.15, -0.1) is 0 Å². The summed E-state index contributed by atoms with van der Waals surface area (Å²) < 4.78 is 20.1. The van der Waals surface area contributed by atoms with Crippen LogP contribution in [0.3, 0.4) is 0 Å². The molecule has 2 amide bonds. The highest BCUT2D eigenvalue weighted by Crippen LogP contribution is 2.52. The number of ether oxygens (including phenoxy) is 3. The number of likely N-dealkylation sites (tertiary alicyclic amines) is 2. The molecule has 51 heavy (non-hydrogen) atoms. The average molecular weight is 699 g/mol. The van der Waals surface area contributed by atoms with Crippen molar-refractivity contribution in [2.24, 2.45) is 0 Å². The predicted molar refractivity (Wildman–Crippen MR) is 196 cm³/mol. The number of hydrogen-bond donors (Lipinski definition) is 0. The second-order valence-corrected chi connectivity index (χ2v) is 16.7. The first kappa shape index (κ1) is 34.4. The van der Waals surface area contributed by atoms with Crippen molar-refractivity contribution in [2.45, 2.75) is 128 Å². The van der Waals surface area contributed by atoms with Gasteiger partial charge in [-0.2, -0.15) is 0 Å². The molecule has 11 nitrogen and oxygen atoms in total. The zero-order valence-electron chi connectivity index (χ0n) is 31.0. The molecule has 3 saturated heterocycles. The predicted octanol–water partition coefficient (Wildman–Crippen LogP) is 6.87. The summed E-state index contributed by atoms with van der Waals surface area (Å²) in [5, 5.41) is 0. The quantitative estimate of drug-likeness (QED) is 0.275. The van der Waals surface area contributed by atoms with E-state index in [1.807, 2.05) is 27.1 Å². The topological polar surface area (TPSA) is 102 Å². The standard InChI is InChI=1S/C40H54N6O5/c1-26(2)45-25-41-33-24-32(42-36(35(33)45)50-30-11-19-49-20-12-30)27-9-10-31-34(21-27)46(29-22-28(23-29)43-15-7-6-8-16-43)37(47)40(31)13-17-44(18-14-40)38(48)51-39(3,4)5/h9-10,21,24-26,28-30H,6-8,11-20,22-23H2,1-5H3/t28-,29+. The molecule has 5 aliphatic rings. The van der Waals surface area contributed by atoms with Gasteiger partial charge in [-0.05, 0) is 104 Å². The molecular weight excluding hydrogens is 644 g/mol. The molecule has 4 aliphatic heterocycles. The van der Waals surface area contributed by atoms with E-state index in [9.17, 15) is 9.59 Å². The molecule has 274 valence electrons. The number of imidazole rings is 1. The molecule has 8 rings (SSSR count). The molecule has 6 heterocycles. The first-order valence-electron chi connectivity index (χ1n) is 19.3. The van der Waals surface area contributed by atoms with E-state index >= 15 is 0 Å². The van der Waals surface area contributed by atoms with Crippen molar-refractivity contribution in [3.05, 3.63) is 36.2 Å². The Balaban J connectivity index is 1.14. The average Bonchev–Trinajstić information content (AvgIpc) is 3.63. The van der Waals surface area contributed by atoms with E-state index < -0.39 is 11.0 Å². The van der Waals surface area contributed by atoms with Gasteiger partial charge in [0.2, 0.25) is 11.8 Å². The summed E-state index contributed by atoms with van der Waals surface area (Å²) in [5.74, 6) is 0.784. The Bertz CT molecular complexity index is 1770. The minimum absolute atomic E-state index is 0.0335. The lowest BCUT2D eigenvalue weighted by Gasteiger charge is -2.48.